The number of rotatable bonds is 4. The largest absolute Gasteiger partial charge is 0.478 e. The van der Waals surface area contributed by atoms with Crippen molar-refractivity contribution in [2.75, 3.05) is 0 Å². The van der Waals surface area contributed by atoms with Crippen LogP contribution < -0.4 is 0 Å². The molecule has 2 aromatic carbocycles. The van der Waals surface area contributed by atoms with Crippen LogP contribution in [0.25, 0.3) is 11.4 Å². The molecule has 23 heavy (non-hydrogen) atoms. The number of hydrogen-bond donors (Lipinski definition) is 1. The van der Waals surface area contributed by atoms with Crippen molar-refractivity contribution in [1.29, 1.82) is 0 Å². The van der Waals surface area contributed by atoms with Gasteiger partial charge in [-0.25, -0.2) is 14.2 Å². The summed E-state index contributed by atoms with van der Waals surface area (Å²) in [4.78, 5) is 15.6. The van der Waals surface area contributed by atoms with Gasteiger partial charge in [0, 0.05) is 29.0 Å². The van der Waals surface area contributed by atoms with Crippen molar-refractivity contribution >= 4 is 21.9 Å². The van der Waals surface area contributed by atoms with Gasteiger partial charge in [0.15, 0.2) is 0 Å². The Morgan fingerprint density at radius 3 is 2.78 bits per heavy atom. The molecule has 0 aliphatic heterocycles. The molecular weight excluding hydrogens is 363 g/mol. The Labute approximate surface area is 140 Å². The minimum Gasteiger partial charge on any atom is -0.478 e. The molecule has 0 amide bonds. The maximum atomic E-state index is 13.6. The van der Waals surface area contributed by atoms with Gasteiger partial charge in [-0.15, -0.1) is 0 Å². The van der Waals surface area contributed by atoms with Gasteiger partial charge in [0.2, 0.25) is 0 Å². The Balaban J connectivity index is 2.01. The summed E-state index contributed by atoms with van der Waals surface area (Å²) >= 11 is 3.27. The van der Waals surface area contributed by atoms with Gasteiger partial charge in [-0.2, -0.15) is 0 Å². The lowest BCUT2D eigenvalue weighted by Gasteiger charge is -2.11. The summed E-state index contributed by atoms with van der Waals surface area (Å²) in [7, 11) is 0. The first kappa shape index (κ1) is 15.4. The van der Waals surface area contributed by atoms with Crippen molar-refractivity contribution in [3.8, 4) is 11.4 Å². The summed E-state index contributed by atoms with van der Waals surface area (Å²) in [6, 6.07) is 11.3. The van der Waals surface area contributed by atoms with E-state index in [1.165, 1.54) is 12.1 Å². The molecule has 0 saturated heterocycles. The minimum atomic E-state index is -0.976. The fraction of sp³-hybridized carbons (Fsp3) is 0.0588. The molecule has 0 bridgehead atoms. The molecule has 0 spiro atoms. The molecule has 1 N–H and O–H groups in total. The van der Waals surface area contributed by atoms with Gasteiger partial charge in [0.05, 0.1) is 5.56 Å². The number of aromatic carboxylic acids is 1. The number of carboxylic acids is 1. The maximum Gasteiger partial charge on any atom is 0.336 e. The SMILES string of the molecule is O=C(O)c1ccccc1Cn1ccnc1-c1cc(F)cc(Br)c1. The van der Waals surface area contributed by atoms with Crippen LogP contribution in [0.4, 0.5) is 4.39 Å². The molecule has 0 aliphatic carbocycles. The van der Waals surface area contributed by atoms with Crippen molar-refractivity contribution in [2.45, 2.75) is 6.54 Å². The zero-order valence-electron chi connectivity index (χ0n) is 11.9. The summed E-state index contributed by atoms with van der Waals surface area (Å²) in [6.45, 7) is 0.339. The second-order valence-electron chi connectivity index (χ2n) is 5.00. The highest BCUT2D eigenvalue weighted by Gasteiger charge is 2.13. The molecule has 1 aromatic heterocycles. The number of carboxylic acid groups (broad SMARTS) is 1. The van der Waals surface area contributed by atoms with Crippen LogP contribution in [-0.4, -0.2) is 20.6 Å². The molecular formula is C17H12BrFN2O2. The van der Waals surface area contributed by atoms with Crippen molar-refractivity contribution in [2.24, 2.45) is 0 Å². The number of nitrogens with zero attached hydrogens (tertiary/aromatic N) is 2. The second kappa shape index (κ2) is 6.34. The van der Waals surface area contributed by atoms with E-state index in [4.69, 9.17) is 0 Å². The molecule has 4 nitrogen and oxygen atoms in total. The van der Waals surface area contributed by atoms with E-state index >= 15 is 0 Å². The average Bonchev–Trinajstić information content (AvgIpc) is 2.95. The molecule has 0 aliphatic rings. The molecule has 3 aromatic rings. The zero-order chi connectivity index (χ0) is 16.4. The van der Waals surface area contributed by atoms with Gasteiger partial charge in [-0.3, -0.25) is 0 Å². The van der Waals surface area contributed by atoms with E-state index in [1.807, 2.05) is 0 Å². The van der Waals surface area contributed by atoms with Gasteiger partial charge in [0.25, 0.3) is 0 Å². The predicted octanol–water partition coefficient (Wildman–Crippen LogP) is 4.20. The van der Waals surface area contributed by atoms with E-state index in [0.717, 1.165) is 0 Å². The molecule has 0 atom stereocenters. The van der Waals surface area contributed by atoms with Gasteiger partial charge < -0.3 is 9.67 Å². The van der Waals surface area contributed by atoms with Crippen molar-refractivity contribution in [3.05, 3.63) is 76.3 Å². The molecule has 0 radical (unpaired) electrons. The normalized spacial score (nSPS) is 10.7. The number of carbonyl (C=O) groups is 1. The lowest BCUT2D eigenvalue weighted by molar-refractivity contribution is 0.0695. The van der Waals surface area contributed by atoms with E-state index < -0.39 is 5.97 Å². The zero-order valence-corrected chi connectivity index (χ0v) is 13.5. The van der Waals surface area contributed by atoms with Gasteiger partial charge in [0.1, 0.15) is 11.6 Å². The van der Waals surface area contributed by atoms with Gasteiger partial charge in [-0.1, -0.05) is 34.1 Å². The molecule has 3 rings (SSSR count). The lowest BCUT2D eigenvalue weighted by atomic mass is 10.1. The number of hydrogen-bond acceptors (Lipinski definition) is 2. The monoisotopic (exact) mass is 374 g/mol. The summed E-state index contributed by atoms with van der Waals surface area (Å²) in [5, 5.41) is 9.27. The number of imidazole rings is 1. The molecule has 116 valence electrons. The third kappa shape index (κ3) is 3.32. The van der Waals surface area contributed by atoms with Crippen LogP contribution in [0.2, 0.25) is 0 Å². The smallest absolute Gasteiger partial charge is 0.336 e. The van der Waals surface area contributed by atoms with Crippen LogP contribution in [0.3, 0.4) is 0 Å². The quantitative estimate of drug-likeness (QED) is 0.744. The van der Waals surface area contributed by atoms with Crippen LogP contribution in [0, 0.1) is 5.82 Å². The summed E-state index contributed by atoms with van der Waals surface area (Å²) < 4.78 is 16.0. The standard InChI is InChI=1S/C17H12BrFN2O2/c18-13-7-12(8-14(19)9-13)16-20-5-6-21(16)10-11-3-1-2-4-15(11)17(22)23/h1-9H,10H2,(H,22,23). The first-order valence-electron chi connectivity index (χ1n) is 6.83. The molecule has 0 unspecified atom stereocenters. The van der Waals surface area contributed by atoms with Crippen LogP contribution in [-0.2, 0) is 6.54 Å². The van der Waals surface area contributed by atoms with E-state index in [0.29, 0.717) is 28.0 Å². The van der Waals surface area contributed by atoms with E-state index in [1.54, 1.807) is 47.3 Å². The Morgan fingerprint density at radius 1 is 1.26 bits per heavy atom. The fourth-order valence-electron chi connectivity index (χ4n) is 2.43. The Bertz CT molecular complexity index is 856. The summed E-state index contributed by atoms with van der Waals surface area (Å²) in [6.07, 6.45) is 3.35. The van der Waals surface area contributed by atoms with Crippen LogP contribution >= 0.6 is 15.9 Å². The Hall–Kier alpha value is -2.47. The number of benzene rings is 2. The second-order valence-corrected chi connectivity index (χ2v) is 5.91. The molecule has 6 heteroatoms. The summed E-state index contributed by atoms with van der Waals surface area (Å²) in [5.41, 5.74) is 1.52. The third-order valence-corrected chi connectivity index (χ3v) is 3.88. The van der Waals surface area contributed by atoms with Gasteiger partial charge >= 0.3 is 5.97 Å². The highest BCUT2D eigenvalue weighted by Crippen LogP contribution is 2.24. The highest BCUT2D eigenvalue weighted by atomic mass is 79.9. The Kier molecular flexibility index (Phi) is 4.25. The summed E-state index contributed by atoms with van der Waals surface area (Å²) in [5.74, 6) is -0.768. The van der Waals surface area contributed by atoms with Gasteiger partial charge in [-0.05, 0) is 29.8 Å². The van der Waals surface area contributed by atoms with Crippen LogP contribution in [0.5, 0.6) is 0 Å². The molecule has 0 fully saturated rings. The Morgan fingerprint density at radius 2 is 2.04 bits per heavy atom. The first-order valence-corrected chi connectivity index (χ1v) is 7.62. The topological polar surface area (TPSA) is 55.1 Å². The lowest BCUT2D eigenvalue weighted by Crippen LogP contribution is -2.07. The van der Waals surface area contributed by atoms with E-state index in [9.17, 15) is 14.3 Å². The highest BCUT2D eigenvalue weighted by molar-refractivity contribution is 9.10. The van der Waals surface area contributed by atoms with Crippen LogP contribution in [0.15, 0.2) is 59.3 Å². The molecule has 0 saturated carbocycles. The molecule has 1 heterocycles. The van der Waals surface area contributed by atoms with Crippen molar-refractivity contribution in [3.63, 3.8) is 0 Å². The van der Waals surface area contributed by atoms with E-state index in [2.05, 4.69) is 20.9 Å². The minimum absolute atomic E-state index is 0.243. The first-order chi connectivity index (χ1) is 11.0. The average molecular weight is 375 g/mol. The van der Waals surface area contributed by atoms with E-state index in [-0.39, 0.29) is 11.4 Å². The van der Waals surface area contributed by atoms with Crippen molar-refractivity contribution in [1.82, 2.24) is 9.55 Å². The van der Waals surface area contributed by atoms with Crippen molar-refractivity contribution < 1.29 is 14.3 Å². The third-order valence-electron chi connectivity index (χ3n) is 3.42. The van der Waals surface area contributed by atoms with Crippen LogP contribution in [0.1, 0.15) is 15.9 Å². The number of aromatic nitrogens is 2. The number of halogens is 2. The maximum absolute atomic E-state index is 13.6. The fourth-order valence-corrected chi connectivity index (χ4v) is 2.90. The predicted molar refractivity (Wildman–Crippen MR) is 87.8 cm³/mol.